The molecule has 0 saturated carbocycles. The van der Waals surface area contributed by atoms with Crippen molar-refractivity contribution in [3.63, 3.8) is 0 Å². The van der Waals surface area contributed by atoms with Gasteiger partial charge in [0.05, 0.1) is 17.5 Å². The summed E-state index contributed by atoms with van der Waals surface area (Å²) in [5.74, 6) is 2.28. The normalized spacial score (nSPS) is 16.4. The fourth-order valence-corrected chi connectivity index (χ4v) is 2.69. The molecule has 7 heteroatoms. The number of terminal acetylenes is 1. The zero-order valence-electron chi connectivity index (χ0n) is 13.1. The van der Waals surface area contributed by atoms with Crippen LogP contribution in [0.4, 0.5) is 11.4 Å². The van der Waals surface area contributed by atoms with E-state index in [1.54, 1.807) is 18.2 Å². The number of nitro groups is 1. The Bertz CT molecular complexity index is 618. The van der Waals surface area contributed by atoms with Gasteiger partial charge in [0, 0.05) is 32.2 Å². The minimum Gasteiger partial charge on any atom is -0.363 e. The highest BCUT2D eigenvalue weighted by atomic mass is 16.6. The quantitative estimate of drug-likeness (QED) is 0.495. The van der Waals surface area contributed by atoms with Gasteiger partial charge in [-0.25, -0.2) is 0 Å². The first-order valence-electron chi connectivity index (χ1n) is 7.48. The Morgan fingerprint density at radius 1 is 1.39 bits per heavy atom. The van der Waals surface area contributed by atoms with Crippen LogP contribution in [0.1, 0.15) is 6.92 Å². The Labute approximate surface area is 135 Å². The lowest BCUT2D eigenvalue weighted by Crippen LogP contribution is -2.54. The van der Waals surface area contributed by atoms with Gasteiger partial charge in [-0.2, -0.15) is 0 Å². The largest absolute Gasteiger partial charge is 0.363 e. The molecule has 1 aliphatic rings. The second-order valence-electron chi connectivity index (χ2n) is 5.37. The van der Waals surface area contributed by atoms with Gasteiger partial charge in [0.1, 0.15) is 5.69 Å². The summed E-state index contributed by atoms with van der Waals surface area (Å²) in [4.78, 5) is 26.7. The van der Waals surface area contributed by atoms with Crippen molar-refractivity contribution in [2.45, 2.75) is 13.0 Å². The molecule has 0 bridgehead atoms. The third-order valence-electron chi connectivity index (χ3n) is 4.03. The molecule has 1 aliphatic heterocycles. The van der Waals surface area contributed by atoms with Crippen molar-refractivity contribution in [2.24, 2.45) is 0 Å². The van der Waals surface area contributed by atoms with Crippen molar-refractivity contribution >= 4 is 17.3 Å². The minimum absolute atomic E-state index is 0.0953. The molecule has 122 valence electrons. The molecule has 1 N–H and O–H groups in total. The summed E-state index contributed by atoms with van der Waals surface area (Å²) in [6.07, 6.45) is 5.14. The molecule has 0 radical (unpaired) electrons. The summed E-state index contributed by atoms with van der Waals surface area (Å²) >= 11 is 0. The number of amides is 1. The van der Waals surface area contributed by atoms with Crippen molar-refractivity contribution < 1.29 is 9.72 Å². The fourth-order valence-electron chi connectivity index (χ4n) is 2.69. The molecule has 1 aromatic carbocycles. The average molecular weight is 316 g/mol. The maximum Gasteiger partial charge on any atom is 0.292 e. The molecule has 23 heavy (non-hydrogen) atoms. The second-order valence-corrected chi connectivity index (χ2v) is 5.37. The third kappa shape index (κ3) is 3.99. The second kappa shape index (κ2) is 7.61. The van der Waals surface area contributed by atoms with Crippen molar-refractivity contribution in [1.82, 2.24) is 10.2 Å². The number of carbonyl (C=O) groups is 1. The Hall–Kier alpha value is -2.59. The lowest BCUT2D eigenvalue weighted by Gasteiger charge is -2.38. The van der Waals surface area contributed by atoms with E-state index in [2.05, 4.69) is 16.1 Å². The van der Waals surface area contributed by atoms with E-state index in [9.17, 15) is 14.9 Å². The van der Waals surface area contributed by atoms with Crippen LogP contribution < -0.4 is 10.2 Å². The summed E-state index contributed by atoms with van der Waals surface area (Å²) in [5.41, 5.74) is 0.738. The number of para-hydroxylation sites is 2. The number of anilines is 1. The maximum absolute atomic E-state index is 11.9. The number of hydrogen-bond acceptors (Lipinski definition) is 5. The lowest BCUT2D eigenvalue weighted by molar-refractivity contribution is -0.384. The number of carbonyl (C=O) groups excluding carboxylic acids is 1. The molecule has 1 heterocycles. The van der Waals surface area contributed by atoms with E-state index in [1.165, 1.54) is 6.07 Å². The zero-order valence-corrected chi connectivity index (χ0v) is 13.1. The van der Waals surface area contributed by atoms with Crippen LogP contribution in [0.5, 0.6) is 0 Å². The number of nitrogens with zero attached hydrogens (tertiary/aromatic N) is 3. The van der Waals surface area contributed by atoms with Gasteiger partial charge in [-0.1, -0.05) is 18.1 Å². The number of nitro benzene ring substituents is 1. The van der Waals surface area contributed by atoms with E-state index in [1.807, 2.05) is 11.8 Å². The SMILES string of the molecule is C#CCNC(=O)C(C)N1CCN(c2ccccc2[N+](=O)[O-])CC1. The fraction of sp³-hybridized carbons (Fsp3) is 0.438. The van der Waals surface area contributed by atoms with Gasteiger partial charge in [-0.3, -0.25) is 19.8 Å². The molecule has 0 aromatic heterocycles. The third-order valence-corrected chi connectivity index (χ3v) is 4.03. The molecule has 1 fully saturated rings. The van der Waals surface area contributed by atoms with Gasteiger partial charge in [0.25, 0.3) is 5.69 Å². The summed E-state index contributed by atoms with van der Waals surface area (Å²) < 4.78 is 0. The molecule has 1 aromatic rings. The molecule has 1 saturated heterocycles. The predicted molar refractivity (Wildman–Crippen MR) is 88.2 cm³/mol. The number of nitrogens with one attached hydrogen (secondary N) is 1. The van der Waals surface area contributed by atoms with E-state index >= 15 is 0 Å². The maximum atomic E-state index is 11.9. The highest BCUT2D eigenvalue weighted by Crippen LogP contribution is 2.28. The van der Waals surface area contributed by atoms with E-state index in [-0.39, 0.29) is 29.1 Å². The molecule has 2 rings (SSSR count). The minimum atomic E-state index is -0.363. The van der Waals surface area contributed by atoms with Crippen LogP contribution >= 0.6 is 0 Å². The van der Waals surface area contributed by atoms with Crippen LogP contribution in [0.3, 0.4) is 0 Å². The summed E-state index contributed by atoms with van der Waals surface area (Å²) in [6.45, 7) is 4.66. The van der Waals surface area contributed by atoms with Crippen molar-refractivity contribution in [1.29, 1.82) is 0 Å². The molecule has 7 nitrogen and oxygen atoms in total. The van der Waals surface area contributed by atoms with Crippen LogP contribution in [-0.4, -0.2) is 54.5 Å². The number of piperazine rings is 1. The molecular weight excluding hydrogens is 296 g/mol. The van der Waals surface area contributed by atoms with Crippen LogP contribution in [0.15, 0.2) is 24.3 Å². The first kappa shape index (κ1) is 16.8. The molecule has 1 amide bonds. The van der Waals surface area contributed by atoms with Crippen LogP contribution in [0.2, 0.25) is 0 Å². The van der Waals surface area contributed by atoms with E-state index in [0.717, 1.165) is 0 Å². The monoisotopic (exact) mass is 316 g/mol. The average Bonchev–Trinajstić information content (AvgIpc) is 2.59. The van der Waals surface area contributed by atoms with Crippen LogP contribution in [0.25, 0.3) is 0 Å². The highest BCUT2D eigenvalue weighted by molar-refractivity contribution is 5.81. The lowest BCUT2D eigenvalue weighted by atomic mass is 10.2. The Morgan fingerprint density at radius 3 is 2.65 bits per heavy atom. The summed E-state index contributed by atoms with van der Waals surface area (Å²) in [6, 6.07) is 6.46. The van der Waals surface area contributed by atoms with Gasteiger partial charge in [-0.15, -0.1) is 6.42 Å². The molecule has 1 atom stereocenters. The summed E-state index contributed by atoms with van der Waals surface area (Å²) in [5, 5.41) is 13.8. The van der Waals surface area contributed by atoms with Crippen molar-refractivity contribution in [3.05, 3.63) is 34.4 Å². The molecule has 0 spiro atoms. The molecular formula is C16H20N4O3. The van der Waals surface area contributed by atoms with Crippen LogP contribution in [0, 0.1) is 22.5 Å². The highest BCUT2D eigenvalue weighted by Gasteiger charge is 2.27. The Morgan fingerprint density at radius 2 is 2.04 bits per heavy atom. The van der Waals surface area contributed by atoms with Gasteiger partial charge in [-0.05, 0) is 13.0 Å². The molecule has 1 unspecified atom stereocenters. The zero-order chi connectivity index (χ0) is 16.8. The number of rotatable bonds is 5. The first-order valence-corrected chi connectivity index (χ1v) is 7.48. The van der Waals surface area contributed by atoms with Gasteiger partial charge >= 0.3 is 0 Å². The van der Waals surface area contributed by atoms with E-state index in [0.29, 0.717) is 31.9 Å². The standard InChI is InChI=1S/C16H20N4O3/c1-3-8-17-16(21)13(2)18-9-11-19(12-10-18)14-6-4-5-7-15(14)20(22)23/h1,4-7,13H,8-12H2,2H3,(H,17,21). The summed E-state index contributed by atoms with van der Waals surface area (Å²) in [7, 11) is 0. The first-order chi connectivity index (χ1) is 11.0. The smallest absolute Gasteiger partial charge is 0.292 e. The number of hydrogen-bond donors (Lipinski definition) is 1. The molecule has 0 aliphatic carbocycles. The topological polar surface area (TPSA) is 78.7 Å². The van der Waals surface area contributed by atoms with Crippen molar-refractivity contribution in [3.8, 4) is 12.3 Å². The van der Waals surface area contributed by atoms with Gasteiger partial charge in [0.2, 0.25) is 5.91 Å². The van der Waals surface area contributed by atoms with Crippen LogP contribution in [-0.2, 0) is 4.79 Å². The predicted octanol–water partition coefficient (Wildman–Crippen LogP) is 0.855. The Kier molecular flexibility index (Phi) is 5.55. The Balaban J connectivity index is 1.98. The van der Waals surface area contributed by atoms with Crippen molar-refractivity contribution in [2.75, 3.05) is 37.6 Å². The van der Waals surface area contributed by atoms with Gasteiger partial charge in [0.15, 0.2) is 0 Å². The van der Waals surface area contributed by atoms with Gasteiger partial charge < -0.3 is 10.2 Å². The number of benzene rings is 1. The van der Waals surface area contributed by atoms with E-state index in [4.69, 9.17) is 6.42 Å². The van der Waals surface area contributed by atoms with E-state index < -0.39 is 0 Å².